The molecule has 0 spiro atoms. The Morgan fingerprint density at radius 2 is 1.85 bits per heavy atom. The second-order valence-electron chi connectivity index (χ2n) is 7.02. The molecule has 1 aliphatic heterocycles. The van der Waals surface area contributed by atoms with Crippen LogP contribution in [0.1, 0.15) is 60.8 Å². The smallest absolute Gasteiger partial charge is 0.245 e. The normalized spacial score (nSPS) is 24.2. The fourth-order valence-electron chi connectivity index (χ4n) is 2.69. The molecule has 1 aliphatic rings. The summed E-state index contributed by atoms with van der Waals surface area (Å²) in [4.78, 5) is 26.9. The summed E-state index contributed by atoms with van der Waals surface area (Å²) in [6, 6.07) is -0.670. The van der Waals surface area contributed by atoms with E-state index in [4.69, 9.17) is 0 Å². The standard InChI is InChI=1S/C16H30N2O2/c1-7-9-12-15(20)18(10-16(5,6)8-2)13(11(3)4)14(19)17-12/h11-13H,7-10H2,1-6H3,(H,17,19). The van der Waals surface area contributed by atoms with Gasteiger partial charge in [0.25, 0.3) is 0 Å². The molecular formula is C16H30N2O2. The van der Waals surface area contributed by atoms with Gasteiger partial charge in [-0.3, -0.25) is 9.59 Å². The summed E-state index contributed by atoms with van der Waals surface area (Å²) in [5, 5.41) is 2.90. The van der Waals surface area contributed by atoms with E-state index in [0.29, 0.717) is 6.54 Å². The van der Waals surface area contributed by atoms with Crippen LogP contribution in [0.15, 0.2) is 0 Å². The minimum Gasteiger partial charge on any atom is -0.342 e. The average Bonchev–Trinajstić information content (AvgIpc) is 2.34. The molecule has 0 saturated carbocycles. The molecule has 1 N–H and O–H groups in total. The number of hydrogen-bond donors (Lipinski definition) is 1. The van der Waals surface area contributed by atoms with Gasteiger partial charge in [0.2, 0.25) is 11.8 Å². The second kappa shape index (κ2) is 6.59. The Morgan fingerprint density at radius 1 is 1.25 bits per heavy atom. The lowest BCUT2D eigenvalue weighted by Gasteiger charge is -2.44. The number of carbonyl (C=O) groups is 2. The molecule has 2 atom stereocenters. The predicted octanol–water partition coefficient (Wildman–Crippen LogP) is 2.57. The van der Waals surface area contributed by atoms with E-state index in [1.807, 2.05) is 25.7 Å². The lowest BCUT2D eigenvalue weighted by Crippen LogP contribution is -2.65. The highest BCUT2D eigenvalue weighted by atomic mass is 16.2. The third kappa shape index (κ3) is 3.74. The number of hydrogen-bond acceptors (Lipinski definition) is 2. The third-order valence-electron chi connectivity index (χ3n) is 4.27. The maximum Gasteiger partial charge on any atom is 0.245 e. The van der Waals surface area contributed by atoms with Crippen LogP contribution in [0.5, 0.6) is 0 Å². The summed E-state index contributed by atoms with van der Waals surface area (Å²) in [6.07, 6.45) is 2.61. The van der Waals surface area contributed by atoms with Crippen molar-refractivity contribution in [2.75, 3.05) is 6.54 Å². The molecule has 20 heavy (non-hydrogen) atoms. The van der Waals surface area contributed by atoms with Crippen molar-refractivity contribution in [2.45, 2.75) is 72.9 Å². The maximum atomic E-state index is 12.7. The van der Waals surface area contributed by atoms with Gasteiger partial charge in [0.1, 0.15) is 12.1 Å². The zero-order valence-corrected chi connectivity index (χ0v) is 13.8. The molecule has 0 aromatic heterocycles. The molecular weight excluding hydrogens is 252 g/mol. The summed E-state index contributed by atoms with van der Waals surface area (Å²) < 4.78 is 0. The number of amides is 2. The first-order valence-corrected chi connectivity index (χ1v) is 7.84. The molecule has 0 aromatic carbocycles. The molecule has 2 unspecified atom stereocenters. The second-order valence-corrected chi connectivity index (χ2v) is 7.02. The Bertz CT molecular complexity index is 363. The van der Waals surface area contributed by atoms with E-state index in [1.54, 1.807) is 0 Å². The van der Waals surface area contributed by atoms with Crippen molar-refractivity contribution in [3.63, 3.8) is 0 Å². The lowest BCUT2D eigenvalue weighted by atomic mass is 9.86. The van der Waals surface area contributed by atoms with Crippen molar-refractivity contribution in [1.82, 2.24) is 10.2 Å². The summed E-state index contributed by atoms with van der Waals surface area (Å²) >= 11 is 0. The van der Waals surface area contributed by atoms with Gasteiger partial charge in [-0.2, -0.15) is 0 Å². The van der Waals surface area contributed by atoms with E-state index >= 15 is 0 Å². The molecule has 4 heteroatoms. The van der Waals surface area contributed by atoms with Gasteiger partial charge in [-0.05, 0) is 24.2 Å². The highest BCUT2D eigenvalue weighted by Gasteiger charge is 2.42. The van der Waals surface area contributed by atoms with Crippen LogP contribution in [0, 0.1) is 11.3 Å². The van der Waals surface area contributed by atoms with Gasteiger partial charge in [0, 0.05) is 6.54 Å². The van der Waals surface area contributed by atoms with E-state index in [9.17, 15) is 9.59 Å². The minimum absolute atomic E-state index is 0.00459. The summed E-state index contributed by atoms with van der Waals surface area (Å²) in [5.74, 6) is 0.228. The Labute approximate surface area is 123 Å². The van der Waals surface area contributed by atoms with Crippen LogP contribution in [-0.4, -0.2) is 35.3 Å². The SMILES string of the molecule is CCCC1NC(=O)C(C(C)C)N(CC(C)(C)CC)C1=O. The minimum atomic E-state index is -0.338. The molecule has 1 rings (SSSR count). The Kier molecular flexibility index (Phi) is 5.60. The van der Waals surface area contributed by atoms with Crippen molar-refractivity contribution in [3.05, 3.63) is 0 Å². The summed E-state index contributed by atoms with van der Waals surface area (Å²) in [7, 11) is 0. The molecule has 1 saturated heterocycles. The van der Waals surface area contributed by atoms with Crippen molar-refractivity contribution in [2.24, 2.45) is 11.3 Å². The van der Waals surface area contributed by atoms with E-state index in [0.717, 1.165) is 19.3 Å². The number of nitrogens with zero attached hydrogens (tertiary/aromatic N) is 1. The number of carbonyl (C=O) groups excluding carboxylic acids is 2. The number of nitrogens with one attached hydrogen (secondary N) is 1. The zero-order chi connectivity index (χ0) is 15.5. The molecule has 0 aromatic rings. The van der Waals surface area contributed by atoms with Crippen LogP contribution in [-0.2, 0) is 9.59 Å². The Morgan fingerprint density at radius 3 is 2.30 bits per heavy atom. The molecule has 1 heterocycles. The quantitative estimate of drug-likeness (QED) is 0.814. The van der Waals surface area contributed by atoms with Gasteiger partial charge in [-0.1, -0.05) is 48.0 Å². The van der Waals surface area contributed by atoms with Crippen LogP contribution in [0.25, 0.3) is 0 Å². The van der Waals surface area contributed by atoms with Gasteiger partial charge >= 0.3 is 0 Å². The van der Waals surface area contributed by atoms with Crippen LogP contribution in [0.3, 0.4) is 0 Å². The lowest BCUT2D eigenvalue weighted by molar-refractivity contribution is -0.153. The number of rotatable bonds is 6. The maximum absolute atomic E-state index is 12.7. The number of piperazine rings is 1. The van der Waals surface area contributed by atoms with E-state index < -0.39 is 0 Å². The molecule has 2 amide bonds. The molecule has 0 aliphatic carbocycles. The highest BCUT2D eigenvalue weighted by Crippen LogP contribution is 2.27. The molecule has 0 bridgehead atoms. The van der Waals surface area contributed by atoms with Crippen molar-refractivity contribution in [3.8, 4) is 0 Å². The monoisotopic (exact) mass is 282 g/mol. The predicted molar refractivity (Wildman–Crippen MR) is 81.2 cm³/mol. The van der Waals surface area contributed by atoms with E-state index in [1.165, 1.54) is 0 Å². The topological polar surface area (TPSA) is 49.4 Å². The summed E-state index contributed by atoms with van der Waals surface area (Å²) in [5.41, 5.74) is 0.0389. The van der Waals surface area contributed by atoms with E-state index in [-0.39, 0.29) is 35.2 Å². The summed E-state index contributed by atoms with van der Waals surface area (Å²) in [6.45, 7) is 13.1. The van der Waals surface area contributed by atoms with Gasteiger partial charge < -0.3 is 10.2 Å². The van der Waals surface area contributed by atoms with Crippen molar-refractivity contribution >= 4 is 11.8 Å². The van der Waals surface area contributed by atoms with E-state index in [2.05, 4.69) is 26.1 Å². The van der Waals surface area contributed by atoms with Crippen LogP contribution >= 0.6 is 0 Å². The zero-order valence-electron chi connectivity index (χ0n) is 13.8. The highest BCUT2D eigenvalue weighted by molar-refractivity contribution is 5.97. The van der Waals surface area contributed by atoms with Gasteiger partial charge in [0.15, 0.2) is 0 Å². The molecule has 0 radical (unpaired) electrons. The van der Waals surface area contributed by atoms with Crippen LogP contribution in [0.2, 0.25) is 0 Å². The average molecular weight is 282 g/mol. The van der Waals surface area contributed by atoms with Gasteiger partial charge in [-0.15, -0.1) is 0 Å². The first-order chi connectivity index (χ1) is 9.23. The Balaban J connectivity index is 3.01. The molecule has 1 fully saturated rings. The fourth-order valence-corrected chi connectivity index (χ4v) is 2.69. The van der Waals surface area contributed by atoms with Crippen molar-refractivity contribution in [1.29, 1.82) is 0 Å². The fraction of sp³-hybridized carbons (Fsp3) is 0.875. The Hall–Kier alpha value is -1.06. The third-order valence-corrected chi connectivity index (χ3v) is 4.27. The van der Waals surface area contributed by atoms with Crippen LogP contribution < -0.4 is 5.32 Å². The largest absolute Gasteiger partial charge is 0.342 e. The van der Waals surface area contributed by atoms with Gasteiger partial charge in [0.05, 0.1) is 0 Å². The van der Waals surface area contributed by atoms with Crippen molar-refractivity contribution < 1.29 is 9.59 Å². The molecule has 116 valence electrons. The first-order valence-electron chi connectivity index (χ1n) is 7.84. The molecule has 4 nitrogen and oxygen atoms in total. The van der Waals surface area contributed by atoms with Gasteiger partial charge in [-0.25, -0.2) is 0 Å². The first kappa shape index (κ1) is 17.0. The van der Waals surface area contributed by atoms with Crippen LogP contribution in [0.4, 0.5) is 0 Å².